The Kier molecular flexibility index (Phi) is 6.34. The lowest BCUT2D eigenvalue weighted by Gasteiger charge is -2.13. The monoisotopic (exact) mass is 413 g/mol. The molecule has 7 heteroatoms. The fraction of sp³-hybridized carbons (Fsp3) is 0.227. The first-order chi connectivity index (χ1) is 13.8. The number of ketones is 1. The molecule has 0 aliphatic carbocycles. The van der Waals surface area contributed by atoms with Gasteiger partial charge in [0.15, 0.2) is 6.10 Å². The normalized spacial score (nSPS) is 11.7. The predicted octanol–water partition coefficient (Wildman–Crippen LogP) is 4.95. The number of rotatable bonds is 7. The van der Waals surface area contributed by atoms with E-state index in [-0.39, 0.29) is 5.78 Å². The Bertz CT molecular complexity index is 989. The van der Waals surface area contributed by atoms with Crippen molar-refractivity contribution in [3.63, 3.8) is 0 Å². The smallest absolute Gasteiger partial charge is 0.338 e. The molecule has 2 aromatic carbocycles. The van der Waals surface area contributed by atoms with Gasteiger partial charge < -0.3 is 14.0 Å². The van der Waals surface area contributed by atoms with Crippen molar-refractivity contribution < 1.29 is 23.6 Å². The van der Waals surface area contributed by atoms with Gasteiger partial charge in [-0.05, 0) is 69.3 Å². The van der Waals surface area contributed by atoms with Crippen molar-refractivity contribution in [1.82, 2.24) is 5.16 Å². The summed E-state index contributed by atoms with van der Waals surface area (Å²) in [6.45, 7) is 5.53. The van der Waals surface area contributed by atoms with E-state index < -0.39 is 12.1 Å². The first-order valence-corrected chi connectivity index (χ1v) is 9.38. The predicted molar refractivity (Wildman–Crippen MR) is 107 cm³/mol. The van der Waals surface area contributed by atoms with E-state index in [4.69, 9.17) is 25.6 Å². The molecule has 0 amide bonds. The number of Topliss-reactive ketones (excluding diaryl/α,β-unsaturated/α-hetero) is 1. The molecule has 6 nitrogen and oxygen atoms in total. The van der Waals surface area contributed by atoms with Crippen molar-refractivity contribution in [1.29, 1.82) is 0 Å². The lowest BCUT2D eigenvalue weighted by molar-refractivity contribution is 0.0319. The summed E-state index contributed by atoms with van der Waals surface area (Å²) in [5, 5.41) is 4.41. The molecule has 29 heavy (non-hydrogen) atoms. The molecule has 1 atom stereocenters. The highest BCUT2D eigenvalue weighted by Crippen LogP contribution is 2.19. The van der Waals surface area contributed by atoms with Gasteiger partial charge in [-0.1, -0.05) is 16.8 Å². The molecule has 0 radical (unpaired) electrons. The standard InChI is InChI=1S/C22H20ClNO5/c1-13-20(14(2)29-24-13)12-27-19-10-6-17(7-11-19)22(26)28-15(3)21(25)16-4-8-18(23)9-5-16/h4-11,15H,12H2,1-3H3/t15-/m1/s1. The van der Waals surface area contributed by atoms with Gasteiger partial charge in [-0.2, -0.15) is 0 Å². The van der Waals surface area contributed by atoms with Crippen molar-refractivity contribution in [3.8, 4) is 5.75 Å². The van der Waals surface area contributed by atoms with E-state index in [1.807, 2.05) is 13.8 Å². The first-order valence-electron chi connectivity index (χ1n) is 9.00. The minimum Gasteiger partial charge on any atom is -0.489 e. The molecular weight excluding hydrogens is 394 g/mol. The summed E-state index contributed by atoms with van der Waals surface area (Å²) in [4.78, 5) is 24.7. The van der Waals surface area contributed by atoms with E-state index in [9.17, 15) is 9.59 Å². The number of halogens is 1. The Morgan fingerprint density at radius 3 is 2.24 bits per heavy atom. The molecule has 3 aromatic rings. The Hall–Kier alpha value is -3.12. The Morgan fingerprint density at radius 2 is 1.66 bits per heavy atom. The fourth-order valence-electron chi connectivity index (χ4n) is 2.68. The highest BCUT2D eigenvalue weighted by atomic mass is 35.5. The van der Waals surface area contributed by atoms with Gasteiger partial charge in [0.25, 0.3) is 0 Å². The van der Waals surface area contributed by atoms with Crippen LogP contribution in [-0.4, -0.2) is 23.0 Å². The Balaban J connectivity index is 1.58. The van der Waals surface area contributed by atoms with E-state index in [0.717, 1.165) is 11.3 Å². The lowest BCUT2D eigenvalue weighted by Crippen LogP contribution is -2.24. The number of ether oxygens (including phenoxy) is 2. The van der Waals surface area contributed by atoms with Crippen LogP contribution >= 0.6 is 11.6 Å². The molecule has 0 fully saturated rings. The molecule has 0 saturated heterocycles. The molecule has 1 heterocycles. The van der Waals surface area contributed by atoms with Crippen molar-refractivity contribution in [3.05, 3.63) is 81.7 Å². The van der Waals surface area contributed by atoms with Gasteiger partial charge in [-0.25, -0.2) is 4.79 Å². The first kappa shape index (κ1) is 20.6. The van der Waals surface area contributed by atoms with Crippen LogP contribution in [0.5, 0.6) is 5.75 Å². The summed E-state index contributed by atoms with van der Waals surface area (Å²) in [5.41, 5.74) is 2.42. The number of carbonyl (C=O) groups is 2. The van der Waals surface area contributed by atoms with Gasteiger partial charge in [0.05, 0.1) is 16.8 Å². The highest BCUT2D eigenvalue weighted by Gasteiger charge is 2.20. The van der Waals surface area contributed by atoms with Crippen LogP contribution in [0.3, 0.4) is 0 Å². The zero-order chi connectivity index (χ0) is 21.0. The number of carbonyl (C=O) groups excluding carboxylic acids is 2. The van der Waals surface area contributed by atoms with Crippen LogP contribution in [0, 0.1) is 13.8 Å². The highest BCUT2D eigenvalue weighted by molar-refractivity contribution is 6.30. The minimum absolute atomic E-state index is 0.297. The topological polar surface area (TPSA) is 78.6 Å². The molecule has 0 bridgehead atoms. The molecule has 0 aliphatic heterocycles. The largest absolute Gasteiger partial charge is 0.489 e. The molecule has 1 aromatic heterocycles. The maximum atomic E-state index is 12.4. The molecule has 0 N–H and O–H groups in total. The number of hydrogen-bond donors (Lipinski definition) is 0. The fourth-order valence-corrected chi connectivity index (χ4v) is 2.81. The van der Waals surface area contributed by atoms with Gasteiger partial charge in [0.2, 0.25) is 5.78 Å². The molecule has 150 valence electrons. The van der Waals surface area contributed by atoms with Crippen LogP contribution in [0.15, 0.2) is 53.1 Å². The van der Waals surface area contributed by atoms with E-state index in [1.54, 1.807) is 48.5 Å². The molecular formula is C22H20ClNO5. The second-order valence-corrected chi connectivity index (χ2v) is 6.97. The maximum absolute atomic E-state index is 12.4. The quantitative estimate of drug-likeness (QED) is 0.402. The summed E-state index contributed by atoms with van der Waals surface area (Å²) in [6.07, 6.45) is -0.917. The second kappa shape index (κ2) is 8.92. The maximum Gasteiger partial charge on any atom is 0.338 e. The van der Waals surface area contributed by atoms with Crippen LogP contribution in [0.1, 0.15) is 44.7 Å². The average molecular weight is 414 g/mol. The summed E-state index contributed by atoms with van der Waals surface area (Å²) >= 11 is 5.83. The van der Waals surface area contributed by atoms with Gasteiger partial charge in [0.1, 0.15) is 18.1 Å². The number of aryl methyl sites for hydroxylation is 2. The van der Waals surface area contributed by atoms with Crippen molar-refractivity contribution >= 4 is 23.4 Å². The summed E-state index contributed by atoms with van der Waals surface area (Å²) < 4.78 is 16.1. The van der Waals surface area contributed by atoms with Crippen LogP contribution in [0.25, 0.3) is 0 Å². The van der Waals surface area contributed by atoms with Crippen molar-refractivity contribution in [2.24, 2.45) is 0 Å². The average Bonchev–Trinajstić information content (AvgIpc) is 3.04. The van der Waals surface area contributed by atoms with Crippen LogP contribution < -0.4 is 4.74 Å². The second-order valence-electron chi connectivity index (χ2n) is 6.53. The lowest BCUT2D eigenvalue weighted by atomic mass is 10.1. The number of nitrogens with zero attached hydrogens (tertiary/aromatic N) is 1. The third-order valence-electron chi connectivity index (χ3n) is 4.44. The SMILES string of the molecule is Cc1noc(C)c1COc1ccc(C(=O)O[C@H](C)C(=O)c2ccc(Cl)cc2)cc1. The molecule has 3 rings (SSSR count). The zero-order valence-electron chi connectivity index (χ0n) is 16.3. The number of hydrogen-bond acceptors (Lipinski definition) is 6. The van der Waals surface area contributed by atoms with Crippen LogP contribution in [0.2, 0.25) is 5.02 Å². The van der Waals surface area contributed by atoms with Crippen molar-refractivity contribution in [2.45, 2.75) is 33.5 Å². The molecule has 0 spiro atoms. The Labute approximate surface area is 173 Å². The van der Waals surface area contributed by atoms with E-state index in [2.05, 4.69) is 5.16 Å². The van der Waals surface area contributed by atoms with Gasteiger partial charge >= 0.3 is 5.97 Å². The zero-order valence-corrected chi connectivity index (χ0v) is 17.0. The van der Waals surface area contributed by atoms with Gasteiger partial charge in [-0.15, -0.1) is 0 Å². The van der Waals surface area contributed by atoms with E-state index in [1.165, 1.54) is 6.92 Å². The van der Waals surface area contributed by atoms with Gasteiger partial charge in [0, 0.05) is 10.6 Å². The van der Waals surface area contributed by atoms with Gasteiger partial charge in [-0.3, -0.25) is 4.79 Å². The van der Waals surface area contributed by atoms with Crippen LogP contribution in [-0.2, 0) is 11.3 Å². The van der Waals surface area contributed by atoms with Crippen LogP contribution in [0.4, 0.5) is 0 Å². The summed E-state index contributed by atoms with van der Waals surface area (Å²) in [6, 6.07) is 12.9. The molecule has 0 aliphatic rings. The van der Waals surface area contributed by atoms with Crippen molar-refractivity contribution in [2.75, 3.05) is 0 Å². The van der Waals surface area contributed by atoms with E-state index in [0.29, 0.717) is 34.3 Å². The van der Waals surface area contributed by atoms with E-state index >= 15 is 0 Å². The summed E-state index contributed by atoms with van der Waals surface area (Å²) in [5.74, 6) is 0.417. The summed E-state index contributed by atoms with van der Waals surface area (Å²) in [7, 11) is 0. The number of esters is 1. The number of aromatic nitrogens is 1. The number of benzene rings is 2. The third kappa shape index (κ3) is 5.03. The molecule has 0 saturated carbocycles. The minimum atomic E-state index is -0.917. The third-order valence-corrected chi connectivity index (χ3v) is 4.69. The molecule has 0 unspecified atom stereocenters. The Morgan fingerprint density at radius 1 is 1.03 bits per heavy atom.